The molecule has 0 bridgehead atoms. The second-order valence-electron chi connectivity index (χ2n) is 10.6. The number of carbonyl (C=O) groups excluding carboxylic acids is 2. The van der Waals surface area contributed by atoms with Crippen molar-refractivity contribution in [3.05, 3.63) is 101 Å². The lowest BCUT2D eigenvalue weighted by Gasteiger charge is -2.24. The molecule has 2 unspecified atom stereocenters. The largest absolute Gasteiger partial charge is 0.376 e. The number of nitrogens with zero attached hydrogens (tertiary/aromatic N) is 3. The highest BCUT2D eigenvalue weighted by Gasteiger charge is 2.38. The van der Waals surface area contributed by atoms with E-state index in [2.05, 4.69) is 36.5 Å². The van der Waals surface area contributed by atoms with E-state index in [-0.39, 0.29) is 35.5 Å². The fraction of sp³-hybridized carbons (Fsp3) is 0.303. The summed E-state index contributed by atoms with van der Waals surface area (Å²) in [4.78, 5) is 28.9. The van der Waals surface area contributed by atoms with Gasteiger partial charge in [0.2, 0.25) is 11.8 Å². The van der Waals surface area contributed by atoms with E-state index in [0.29, 0.717) is 12.4 Å². The van der Waals surface area contributed by atoms with Crippen LogP contribution in [0, 0.1) is 13.8 Å². The van der Waals surface area contributed by atoms with Crippen molar-refractivity contribution in [2.45, 2.75) is 38.0 Å². The number of carbonyl (C=O) groups is 2. The molecule has 2 aliphatic heterocycles. The van der Waals surface area contributed by atoms with E-state index in [1.807, 2.05) is 66.2 Å². The number of ether oxygens (including phenoxy) is 1. The second kappa shape index (κ2) is 11.9. The number of aromatic nitrogens is 2. The summed E-state index contributed by atoms with van der Waals surface area (Å²) in [7, 11) is 0. The number of aryl methyl sites for hydroxylation is 2. The van der Waals surface area contributed by atoms with E-state index in [1.165, 1.54) is 0 Å². The molecular weight excluding hydrogens is 532 g/mol. The zero-order chi connectivity index (χ0) is 28.3. The predicted octanol–water partition coefficient (Wildman–Crippen LogP) is 5.62. The molecule has 1 N–H and O–H groups in total. The van der Waals surface area contributed by atoms with Gasteiger partial charge in [0.25, 0.3) is 0 Å². The summed E-state index contributed by atoms with van der Waals surface area (Å²) in [5, 5.41) is 8.06. The number of hydrogen-bond donors (Lipinski definition) is 1. The molecule has 210 valence electrons. The van der Waals surface area contributed by atoms with Gasteiger partial charge in [-0.2, -0.15) is 5.10 Å². The van der Waals surface area contributed by atoms with Crippen LogP contribution in [0.15, 0.2) is 78.9 Å². The highest BCUT2D eigenvalue weighted by molar-refractivity contribution is 8.00. The summed E-state index contributed by atoms with van der Waals surface area (Å²) < 4.78 is 7.57. The van der Waals surface area contributed by atoms with Gasteiger partial charge in [-0.15, -0.1) is 11.8 Å². The fourth-order valence-corrected chi connectivity index (χ4v) is 6.95. The zero-order valence-corrected chi connectivity index (χ0v) is 24.2. The molecule has 0 saturated carbocycles. The number of hydrogen-bond acceptors (Lipinski definition) is 5. The van der Waals surface area contributed by atoms with Gasteiger partial charge in [0.15, 0.2) is 0 Å². The molecule has 0 aliphatic carbocycles. The number of para-hydroxylation sites is 1. The van der Waals surface area contributed by atoms with Gasteiger partial charge in [0, 0.05) is 24.3 Å². The Morgan fingerprint density at radius 3 is 2.46 bits per heavy atom. The van der Waals surface area contributed by atoms with E-state index >= 15 is 0 Å². The van der Waals surface area contributed by atoms with Crippen LogP contribution in [0.5, 0.6) is 0 Å². The van der Waals surface area contributed by atoms with Crippen molar-refractivity contribution in [3.8, 4) is 16.9 Å². The Labute approximate surface area is 244 Å². The summed E-state index contributed by atoms with van der Waals surface area (Å²) in [6, 6.07) is 26.4. The first-order valence-electron chi connectivity index (χ1n) is 14.1. The fourth-order valence-electron chi connectivity index (χ4n) is 5.66. The quantitative estimate of drug-likeness (QED) is 0.314. The second-order valence-corrected chi connectivity index (χ2v) is 11.7. The van der Waals surface area contributed by atoms with Crippen LogP contribution in [-0.2, 0) is 14.3 Å². The smallest absolute Gasteiger partial charge is 0.240 e. The summed E-state index contributed by atoms with van der Waals surface area (Å²) in [6.45, 7) is 5.22. The molecule has 2 aliphatic rings. The molecule has 2 atom stereocenters. The van der Waals surface area contributed by atoms with Crippen LogP contribution in [0.1, 0.15) is 40.3 Å². The third-order valence-corrected chi connectivity index (χ3v) is 9.04. The van der Waals surface area contributed by atoms with Crippen LogP contribution in [0.4, 0.5) is 5.82 Å². The summed E-state index contributed by atoms with van der Waals surface area (Å²) in [6.07, 6.45) is 1.96. The van der Waals surface area contributed by atoms with Gasteiger partial charge in [-0.05, 0) is 49.4 Å². The standard InChI is InChI=1S/C33H34N4O3S/c1-22-11-6-8-16-26(22)32-30-31(24-13-4-3-5-14-24)35-37(27-17-9-7-12-23(27)2)33(30)36(29(39)21-41-32)20-28(38)34-19-25-15-10-18-40-25/h3-9,11-14,16-17,25,32H,10,15,18-21H2,1-2H3,(H,34,38). The SMILES string of the molecule is Cc1ccccc1C1SCC(=O)N(CC(=O)NCC2CCCO2)c2c1c(-c1ccccc1)nn2-c1ccccc1C. The lowest BCUT2D eigenvalue weighted by Crippen LogP contribution is -2.44. The number of nitrogens with one attached hydrogen (secondary N) is 1. The molecule has 3 heterocycles. The summed E-state index contributed by atoms with van der Waals surface area (Å²) in [5.41, 5.74) is 6.90. The van der Waals surface area contributed by atoms with Crippen molar-refractivity contribution in [1.29, 1.82) is 0 Å². The Morgan fingerprint density at radius 1 is 1.00 bits per heavy atom. The minimum atomic E-state index is -0.210. The van der Waals surface area contributed by atoms with Crippen LogP contribution in [0.2, 0.25) is 0 Å². The maximum Gasteiger partial charge on any atom is 0.240 e. The number of thioether (sulfide) groups is 1. The van der Waals surface area contributed by atoms with Crippen molar-refractivity contribution in [2.24, 2.45) is 0 Å². The molecule has 4 aromatic rings. The predicted molar refractivity (Wildman–Crippen MR) is 164 cm³/mol. The van der Waals surface area contributed by atoms with E-state index < -0.39 is 0 Å². The molecule has 8 heteroatoms. The zero-order valence-electron chi connectivity index (χ0n) is 23.4. The molecule has 6 rings (SSSR count). The van der Waals surface area contributed by atoms with E-state index in [1.54, 1.807) is 16.7 Å². The van der Waals surface area contributed by atoms with Gasteiger partial charge in [-0.25, -0.2) is 4.68 Å². The first kappa shape index (κ1) is 27.3. The van der Waals surface area contributed by atoms with Crippen LogP contribution in [0.25, 0.3) is 16.9 Å². The Hall–Kier alpha value is -3.88. The monoisotopic (exact) mass is 566 g/mol. The number of anilines is 1. The highest BCUT2D eigenvalue weighted by Crippen LogP contribution is 2.49. The van der Waals surface area contributed by atoms with Crippen molar-refractivity contribution < 1.29 is 14.3 Å². The third kappa shape index (κ3) is 5.54. The van der Waals surface area contributed by atoms with Crippen LogP contribution >= 0.6 is 11.8 Å². The Morgan fingerprint density at radius 2 is 1.73 bits per heavy atom. The van der Waals surface area contributed by atoms with Crippen LogP contribution in [-0.4, -0.2) is 53.1 Å². The van der Waals surface area contributed by atoms with E-state index in [9.17, 15) is 9.59 Å². The minimum absolute atomic E-state index is 0.0255. The third-order valence-electron chi connectivity index (χ3n) is 7.80. The average molecular weight is 567 g/mol. The maximum absolute atomic E-state index is 13.9. The lowest BCUT2D eigenvalue weighted by molar-refractivity contribution is -0.123. The van der Waals surface area contributed by atoms with E-state index in [0.717, 1.165) is 58.6 Å². The van der Waals surface area contributed by atoms with Crippen molar-refractivity contribution in [3.63, 3.8) is 0 Å². The molecule has 7 nitrogen and oxygen atoms in total. The van der Waals surface area contributed by atoms with Crippen LogP contribution in [0.3, 0.4) is 0 Å². The Balaban J connectivity index is 1.54. The van der Waals surface area contributed by atoms with Crippen molar-refractivity contribution in [1.82, 2.24) is 15.1 Å². The number of fused-ring (bicyclic) bond motifs is 1. The molecule has 1 fully saturated rings. The van der Waals surface area contributed by atoms with Crippen molar-refractivity contribution >= 4 is 29.4 Å². The molecule has 0 radical (unpaired) electrons. The maximum atomic E-state index is 13.9. The molecule has 3 aromatic carbocycles. The normalized spacial score (nSPS) is 18.7. The Kier molecular flexibility index (Phi) is 7.94. The number of benzene rings is 3. The summed E-state index contributed by atoms with van der Waals surface area (Å²) in [5.74, 6) is 0.565. The summed E-state index contributed by atoms with van der Waals surface area (Å²) >= 11 is 1.59. The Bertz CT molecular complexity index is 1560. The first-order chi connectivity index (χ1) is 20.0. The molecule has 0 spiro atoms. The van der Waals surface area contributed by atoms with Crippen molar-refractivity contribution in [2.75, 3.05) is 30.3 Å². The molecule has 2 amide bonds. The molecular formula is C33H34N4O3S. The van der Waals surface area contributed by atoms with Gasteiger partial charge < -0.3 is 10.1 Å². The van der Waals surface area contributed by atoms with Gasteiger partial charge in [-0.1, -0.05) is 72.8 Å². The molecule has 1 aromatic heterocycles. The van der Waals surface area contributed by atoms with Gasteiger partial charge in [0.1, 0.15) is 12.4 Å². The van der Waals surface area contributed by atoms with Crippen LogP contribution < -0.4 is 10.2 Å². The lowest BCUT2D eigenvalue weighted by atomic mass is 9.96. The number of amides is 2. The van der Waals surface area contributed by atoms with Gasteiger partial charge >= 0.3 is 0 Å². The average Bonchev–Trinajstić information content (AvgIpc) is 3.62. The minimum Gasteiger partial charge on any atom is -0.376 e. The molecule has 1 saturated heterocycles. The number of rotatable bonds is 7. The topological polar surface area (TPSA) is 76.5 Å². The molecule has 41 heavy (non-hydrogen) atoms. The van der Waals surface area contributed by atoms with Gasteiger partial charge in [-0.3, -0.25) is 14.5 Å². The van der Waals surface area contributed by atoms with E-state index in [4.69, 9.17) is 9.84 Å². The van der Waals surface area contributed by atoms with Gasteiger partial charge in [0.05, 0.1) is 28.5 Å². The highest BCUT2D eigenvalue weighted by atomic mass is 32.2. The first-order valence-corrected chi connectivity index (χ1v) is 15.2.